The topological polar surface area (TPSA) is 91.3 Å². The Hall–Kier alpha value is -1.63. The molecule has 0 radical (unpaired) electrons. The van der Waals surface area contributed by atoms with E-state index in [1.807, 2.05) is 5.38 Å². The van der Waals surface area contributed by atoms with E-state index in [0.29, 0.717) is 19.4 Å². The van der Waals surface area contributed by atoms with Crippen LogP contribution in [0.4, 0.5) is 4.79 Å². The smallest absolute Gasteiger partial charge is 0.329 e. The van der Waals surface area contributed by atoms with Crippen molar-refractivity contribution >= 4 is 23.3 Å². The average Bonchev–Trinajstić information content (AvgIpc) is 2.86. The van der Waals surface area contributed by atoms with E-state index in [2.05, 4.69) is 15.6 Å². The average molecular weight is 271 g/mol. The van der Waals surface area contributed by atoms with E-state index in [4.69, 9.17) is 0 Å². The van der Waals surface area contributed by atoms with Crippen molar-refractivity contribution in [1.29, 1.82) is 0 Å². The molecular weight excluding hydrogens is 254 g/mol. The van der Waals surface area contributed by atoms with Gasteiger partial charge in [0.05, 0.1) is 6.54 Å². The van der Waals surface area contributed by atoms with Gasteiger partial charge in [-0.05, 0) is 12.8 Å². The Morgan fingerprint density at radius 1 is 1.44 bits per heavy atom. The zero-order valence-corrected chi connectivity index (χ0v) is 11.2. The number of carbonyl (C=O) groups excluding carboxylic acids is 1. The monoisotopic (exact) mass is 271 g/mol. The van der Waals surface area contributed by atoms with Gasteiger partial charge in [-0.25, -0.2) is 14.6 Å². The van der Waals surface area contributed by atoms with E-state index in [1.54, 1.807) is 20.0 Å². The number of urea groups is 1. The fourth-order valence-electron chi connectivity index (χ4n) is 1.54. The van der Waals surface area contributed by atoms with E-state index < -0.39 is 17.5 Å². The number of amides is 2. The summed E-state index contributed by atoms with van der Waals surface area (Å²) in [5.74, 6) is -1.02. The Morgan fingerprint density at radius 2 is 2.11 bits per heavy atom. The molecule has 100 valence electrons. The molecule has 0 unspecified atom stereocenters. The third-order valence-electron chi connectivity index (χ3n) is 2.85. The molecule has 2 amide bonds. The van der Waals surface area contributed by atoms with Crippen LogP contribution >= 0.6 is 11.3 Å². The van der Waals surface area contributed by atoms with Gasteiger partial charge in [-0.1, -0.05) is 13.8 Å². The number of nitrogens with zero attached hydrogens (tertiary/aromatic N) is 1. The number of thiazole rings is 1. The molecule has 1 aromatic rings. The molecule has 6 nitrogen and oxygen atoms in total. The van der Waals surface area contributed by atoms with Crippen LogP contribution in [0, 0.1) is 0 Å². The molecule has 0 atom stereocenters. The maximum Gasteiger partial charge on any atom is 0.329 e. The molecule has 0 aliphatic carbocycles. The number of nitrogens with one attached hydrogen (secondary N) is 2. The Morgan fingerprint density at radius 3 is 2.56 bits per heavy atom. The molecule has 3 N–H and O–H groups in total. The summed E-state index contributed by atoms with van der Waals surface area (Å²) >= 11 is 1.43. The van der Waals surface area contributed by atoms with Crippen LogP contribution in [-0.2, 0) is 11.3 Å². The van der Waals surface area contributed by atoms with Gasteiger partial charge in [0.1, 0.15) is 10.5 Å². The van der Waals surface area contributed by atoms with Gasteiger partial charge in [0.2, 0.25) is 0 Å². The predicted molar refractivity (Wildman–Crippen MR) is 68.4 cm³/mol. The van der Waals surface area contributed by atoms with E-state index >= 15 is 0 Å². The van der Waals surface area contributed by atoms with Crippen molar-refractivity contribution in [3.8, 4) is 0 Å². The molecule has 7 heteroatoms. The lowest BCUT2D eigenvalue weighted by atomic mass is 9.93. The highest BCUT2D eigenvalue weighted by molar-refractivity contribution is 7.09. The normalized spacial score (nSPS) is 11.0. The van der Waals surface area contributed by atoms with E-state index in [9.17, 15) is 14.7 Å². The summed E-state index contributed by atoms with van der Waals surface area (Å²) in [6, 6.07) is -0.490. The summed E-state index contributed by atoms with van der Waals surface area (Å²) in [6.07, 6.45) is 2.33. The summed E-state index contributed by atoms with van der Waals surface area (Å²) in [5, 5.41) is 16.9. The number of hydrogen-bond donors (Lipinski definition) is 3. The molecular formula is C11H17N3O3S. The van der Waals surface area contributed by atoms with Crippen molar-refractivity contribution in [3.05, 3.63) is 16.6 Å². The molecule has 0 aromatic carbocycles. The van der Waals surface area contributed by atoms with Gasteiger partial charge < -0.3 is 15.7 Å². The first kappa shape index (κ1) is 14.4. The van der Waals surface area contributed by atoms with Crippen molar-refractivity contribution < 1.29 is 14.7 Å². The summed E-state index contributed by atoms with van der Waals surface area (Å²) in [4.78, 5) is 26.9. The summed E-state index contributed by atoms with van der Waals surface area (Å²) < 4.78 is 0. The number of carboxylic acids is 1. The fraction of sp³-hybridized carbons (Fsp3) is 0.545. The molecule has 0 aliphatic rings. The van der Waals surface area contributed by atoms with Gasteiger partial charge in [0, 0.05) is 11.6 Å². The van der Waals surface area contributed by atoms with Crippen LogP contribution in [0.5, 0.6) is 0 Å². The van der Waals surface area contributed by atoms with Crippen LogP contribution in [0.3, 0.4) is 0 Å². The van der Waals surface area contributed by atoms with Crippen LogP contribution in [0.15, 0.2) is 11.6 Å². The van der Waals surface area contributed by atoms with Crippen molar-refractivity contribution in [2.75, 3.05) is 0 Å². The van der Waals surface area contributed by atoms with Crippen molar-refractivity contribution in [2.24, 2.45) is 0 Å². The third-order valence-corrected chi connectivity index (χ3v) is 3.63. The van der Waals surface area contributed by atoms with Crippen LogP contribution in [0.25, 0.3) is 0 Å². The van der Waals surface area contributed by atoms with Gasteiger partial charge in [-0.2, -0.15) is 0 Å². The van der Waals surface area contributed by atoms with E-state index in [0.717, 1.165) is 5.01 Å². The quantitative estimate of drug-likeness (QED) is 0.732. The van der Waals surface area contributed by atoms with E-state index in [-0.39, 0.29) is 0 Å². The summed E-state index contributed by atoms with van der Waals surface area (Å²) in [6.45, 7) is 3.77. The first-order chi connectivity index (χ1) is 8.54. The lowest BCUT2D eigenvalue weighted by Crippen LogP contribution is -2.56. The van der Waals surface area contributed by atoms with Crippen LogP contribution in [0.1, 0.15) is 31.7 Å². The van der Waals surface area contributed by atoms with Gasteiger partial charge in [0.15, 0.2) is 0 Å². The highest BCUT2D eigenvalue weighted by Crippen LogP contribution is 2.15. The van der Waals surface area contributed by atoms with Gasteiger partial charge in [-0.3, -0.25) is 0 Å². The maximum absolute atomic E-state index is 11.7. The summed E-state index contributed by atoms with van der Waals surface area (Å²) in [7, 11) is 0. The molecule has 0 bridgehead atoms. The molecule has 1 heterocycles. The number of aromatic nitrogens is 1. The molecule has 0 fully saturated rings. The molecule has 18 heavy (non-hydrogen) atoms. The van der Waals surface area contributed by atoms with Crippen molar-refractivity contribution in [1.82, 2.24) is 15.6 Å². The SMILES string of the molecule is CCC(CC)(NC(=O)NCc1nccs1)C(=O)O. The zero-order valence-electron chi connectivity index (χ0n) is 10.4. The van der Waals surface area contributed by atoms with Gasteiger partial charge in [-0.15, -0.1) is 11.3 Å². The molecule has 1 aromatic heterocycles. The first-order valence-corrected chi connectivity index (χ1v) is 6.59. The number of aliphatic carboxylic acids is 1. The van der Waals surface area contributed by atoms with E-state index in [1.165, 1.54) is 11.3 Å². The molecule has 1 rings (SSSR count). The number of hydrogen-bond acceptors (Lipinski definition) is 4. The second-order valence-electron chi connectivity index (χ2n) is 3.83. The molecule has 0 saturated heterocycles. The van der Waals surface area contributed by atoms with Crippen LogP contribution < -0.4 is 10.6 Å². The van der Waals surface area contributed by atoms with Crippen molar-refractivity contribution in [3.63, 3.8) is 0 Å². The third kappa shape index (κ3) is 3.43. The zero-order chi connectivity index (χ0) is 13.6. The molecule has 0 saturated carbocycles. The Kier molecular flexibility index (Phi) is 5.08. The van der Waals surface area contributed by atoms with Gasteiger partial charge in [0.25, 0.3) is 0 Å². The maximum atomic E-state index is 11.7. The highest BCUT2D eigenvalue weighted by Gasteiger charge is 2.36. The van der Waals surface area contributed by atoms with Crippen LogP contribution in [-0.4, -0.2) is 27.6 Å². The lowest BCUT2D eigenvalue weighted by Gasteiger charge is -2.27. The Balaban J connectivity index is 2.54. The standard InChI is InChI=1S/C11H17N3O3S/c1-3-11(4-2,9(15)16)14-10(17)13-7-8-12-5-6-18-8/h5-6H,3-4,7H2,1-2H3,(H,15,16)(H2,13,14,17). The Bertz CT molecular complexity index is 402. The Labute approximate surface area is 109 Å². The number of carboxylic acid groups (broad SMARTS) is 1. The lowest BCUT2D eigenvalue weighted by molar-refractivity contribution is -0.144. The van der Waals surface area contributed by atoms with Crippen LogP contribution in [0.2, 0.25) is 0 Å². The second kappa shape index (κ2) is 6.34. The minimum atomic E-state index is -1.20. The minimum Gasteiger partial charge on any atom is -0.480 e. The first-order valence-electron chi connectivity index (χ1n) is 5.72. The molecule has 0 aliphatic heterocycles. The minimum absolute atomic E-state index is 0.298. The number of carbonyl (C=O) groups is 2. The second-order valence-corrected chi connectivity index (χ2v) is 4.81. The largest absolute Gasteiger partial charge is 0.480 e. The number of rotatable bonds is 6. The molecule has 0 spiro atoms. The van der Waals surface area contributed by atoms with Crippen molar-refractivity contribution in [2.45, 2.75) is 38.8 Å². The fourth-order valence-corrected chi connectivity index (χ4v) is 2.10. The predicted octanol–water partition coefficient (Wildman–Crippen LogP) is 1.59. The highest BCUT2D eigenvalue weighted by atomic mass is 32.1. The summed E-state index contributed by atoms with van der Waals surface area (Å²) in [5.41, 5.74) is -1.20. The van der Waals surface area contributed by atoms with Gasteiger partial charge >= 0.3 is 12.0 Å².